The van der Waals surface area contributed by atoms with E-state index in [0.29, 0.717) is 87.1 Å². The molecule has 6 heterocycles. The lowest BCUT2D eigenvalue weighted by Gasteiger charge is -2.37. The Bertz CT molecular complexity index is 7550. The van der Waals surface area contributed by atoms with Gasteiger partial charge in [-0.2, -0.15) is 0 Å². The average molecular weight is 1240 g/mol. The summed E-state index contributed by atoms with van der Waals surface area (Å²) in [7, 11) is 0. The summed E-state index contributed by atoms with van der Waals surface area (Å²) in [6.45, 7) is -0.0330. The van der Waals surface area contributed by atoms with Crippen LogP contribution in [-0.4, -0.2) is 25.0 Å². The highest BCUT2D eigenvalue weighted by molar-refractivity contribution is 7.00. The number of hydrogen-bond donors (Lipinski definition) is 0. The standard InChI is InChI=1S/C91H57BN4/c1-56-54-83-87-84(55-56)96-89-60(58-28-6-3-7-29-58)43-25-45-74(89)66-35-11-9-31-62(66)64-33-13-15-41-72(64)86-82(94-79-48-22-18-38-69(79)70-39-19-23-49-80(70)94)53-51-76(91(86)96)92(87)75-50-52-81(93-77-46-20-16-36-67(77)68-37-17-21-47-78(68)93)85-71-40-14-12-32-63(71)61-30-8-10-34-65(61)73-44-24-42-59(57-26-4-2-5-27-57)88(73)95(83)90(75)85/h2-55H,1H3/i16D,17D,18D,19D,20D,21D,22D,23D,36D,37D,38D,39D,46D,47D,48D,49D,50D,51D,52D,53D,54D,55D. The van der Waals surface area contributed by atoms with Crippen molar-refractivity contribution in [1.29, 1.82) is 0 Å². The molecule has 0 N–H and O–H groups in total. The van der Waals surface area contributed by atoms with Gasteiger partial charge in [0.2, 0.25) is 0 Å². The Morgan fingerprint density at radius 1 is 0.260 bits per heavy atom. The first-order valence-corrected chi connectivity index (χ1v) is 31.7. The lowest BCUT2D eigenvalue weighted by molar-refractivity contribution is 1.12. The van der Waals surface area contributed by atoms with Crippen molar-refractivity contribution >= 4 is 153 Å². The molecule has 0 amide bonds. The van der Waals surface area contributed by atoms with Gasteiger partial charge in [0.15, 0.2) is 0 Å². The Labute approximate surface area is 584 Å². The summed E-state index contributed by atoms with van der Waals surface area (Å²) in [5.41, 5.74) is 1.57. The number of benzene rings is 15. The lowest BCUT2D eigenvalue weighted by Crippen LogP contribution is -2.60. The van der Waals surface area contributed by atoms with Crippen molar-refractivity contribution in [2.24, 2.45) is 0 Å². The molecule has 19 aromatic rings. The van der Waals surface area contributed by atoms with Gasteiger partial charge in [-0.1, -0.05) is 279 Å². The van der Waals surface area contributed by atoms with Crippen LogP contribution >= 0.6 is 0 Å². The van der Waals surface area contributed by atoms with Crippen LogP contribution in [0.3, 0.4) is 0 Å². The predicted molar refractivity (Wildman–Crippen MR) is 409 cm³/mol. The largest absolute Gasteiger partial charge is 0.309 e. The van der Waals surface area contributed by atoms with Crippen molar-refractivity contribution in [3.8, 4) is 45.0 Å². The summed E-state index contributed by atoms with van der Waals surface area (Å²) in [6, 6.07) is 46.4. The maximum Gasteiger partial charge on any atom is 0.252 e. The summed E-state index contributed by atoms with van der Waals surface area (Å²) in [4.78, 5) is 0. The minimum atomic E-state index is -1.70. The molecular weight excluding hydrogens is 1160 g/mol. The Hall–Kier alpha value is -12.4. The summed E-state index contributed by atoms with van der Waals surface area (Å²) in [5, 5.41) is 4.19. The van der Waals surface area contributed by atoms with Gasteiger partial charge in [0.1, 0.15) is 0 Å². The second-order valence-electron chi connectivity index (χ2n) is 24.4. The smallest absolute Gasteiger partial charge is 0.252 e. The van der Waals surface area contributed by atoms with Crippen molar-refractivity contribution in [3.63, 3.8) is 0 Å². The third kappa shape index (κ3) is 7.29. The second-order valence-corrected chi connectivity index (χ2v) is 24.4. The van der Waals surface area contributed by atoms with Gasteiger partial charge in [0.25, 0.3) is 6.71 Å². The van der Waals surface area contributed by atoms with E-state index in [4.69, 9.17) is 0 Å². The van der Waals surface area contributed by atoms with E-state index >= 15 is 0 Å². The zero-order chi connectivity index (χ0) is 82.0. The van der Waals surface area contributed by atoms with Gasteiger partial charge in [-0.3, -0.25) is 0 Å². The van der Waals surface area contributed by atoms with Crippen LogP contribution in [0.4, 0.5) is 0 Å². The Morgan fingerprint density at radius 2 is 0.573 bits per heavy atom. The van der Waals surface area contributed by atoms with Crippen LogP contribution in [0.15, 0.2) is 327 Å². The molecule has 0 spiro atoms. The van der Waals surface area contributed by atoms with Gasteiger partial charge >= 0.3 is 0 Å². The topological polar surface area (TPSA) is 19.7 Å². The lowest BCUT2D eigenvalue weighted by atomic mass is 9.34. The van der Waals surface area contributed by atoms with E-state index < -0.39 is 128 Å². The van der Waals surface area contributed by atoms with Crippen molar-refractivity contribution < 1.29 is 30.2 Å². The number of fused-ring (bicyclic) bond motifs is 24. The molecule has 0 atom stereocenters. The van der Waals surface area contributed by atoms with Crippen molar-refractivity contribution in [2.75, 3.05) is 0 Å². The molecule has 4 nitrogen and oxygen atoms in total. The third-order valence-corrected chi connectivity index (χ3v) is 19.6. The monoisotopic (exact) mass is 1240 g/mol. The van der Waals surface area contributed by atoms with E-state index in [9.17, 15) is 30.2 Å². The molecule has 0 unspecified atom stereocenters. The van der Waals surface area contributed by atoms with E-state index in [2.05, 4.69) is 0 Å². The quantitative estimate of drug-likeness (QED) is 0.157. The van der Waals surface area contributed by atoms with Crippen molar-refractivity contribution in [1.82, 2.24) is 18.3 Å². The van der Waals surface area contributed by atoms with Crippen molar-refractivity contribution in [3.05, 3.63) is 333 Å². The fourth-order valence-corrected chi connectivity index (χ4v) is 15.9. The molecule has 0 saturated heterocycles. The molecule has 2 aliphatic rings. The van der Waals surface area contributed by atoms with Gasteiger partial charge in [-0.15, -0.1) is 0 Å². The van der Waals surface area contributed by atoms with Gasteiger partial charge in [0, 0.05) is 65.6 Å². The first-order valence-electron chi connectivity index (χ1n) is 42.7. The molecule has 15 aromatic carbocycles. The molecule has 0 bridgehead atoms. The van der Waals surface area contributed by atoms with Crippen LogP contribution < -0.4 is 16.4 Å². The maximum absolute atomic E-state index is 11.7. The van der Waals surface area contributed by atoms with Crippen LogP contribution in [0.25, 0.3) is 175 Å². The molecule has 4 aromatic heterocycles. The Kier molecular flexibility index (Phi) is 7.63. The summed E-state index contributed by atoms with van der Waals surface area (Å²) in [6.07, 6.45) is 0. The van der Waals surface area contributed by atoms with Gasteiger partial charge < -0.3 is 18.3 Å². The molecule has 444 valence electrons. The molecule has 0 saturated carbocycles. The SMILES string of the molecule is [2H]c1c(C)c([2H])c2c3c1-n1c4c(-c5ccccc5)cccc4c4ccccc4c4ccccc4c4c(-n5c6c([2H])c([2H])c([2H])c([2H])c6c6c([2H])c([2H])c([2H])c([2H])c65)c([2H])c([2H])c(c41)B3c1c([2H])c([2H])c(-n3c4c([2H])c([2H])c([2H])c([2H])c4c4c([2H])c([2H])c([2H])c([2H])c43)c3c4ccccc4c4ccccc4c4cccc(-c5ccccc5)c4n-2c13. The summed E-state index contributed by atoms with van der Waals surface area (Å²) >= 11 is 0. The van der Waals surface area contributed by atoms with Gasteiger partial charge in [0.05, 0.1) is 85.7 Å². The highest BCUT2D eigenvalue weighted by atomic mass is 15.1. The highest BCUT2D eigenvalue weighted by Gasteiger charge is 2.41. The molecule has 96 heavy (non-hydrogen) atoms. The normalized spacial score (nSPS) is 15.6. The zero-order valence-electron chi connectivity index (χ0n) is 72.8. The zero-order valence-corrected chi connectivity index (χ0v) is 50.8. The fourth-order valence-electron chi connectivity index (χ4n) is 15.9. The Balaban J connectivity index is 1.15. The number of para-hydroxylation sites is 6. The van der Waals surface area contributed by atoms with E-state index in [1.165, 1.54) is 9.13 Å². The van der Waals surface area contributed by atoms with Gasteiger partial charge in [-0.25, -0.2) is 0 Å². The molecule has 5 heteroatoms. The summed E-state index contributed by atoms with van der Waals surface area (Å²) in [5.74, 6) is 0. The fraction of sp³-hybridized carbons (Fsp3) is 0.0110. The molecule has 21 rings (SSSR count). The van der Waals surface area contributed by atoms with Crippen molar-refractivity contribution in [2.45, 2.75) is 6.92 Å². The van der Waals surface area contributed by atoms with E-state index in [1.807, 2.05) is 179 Å². The number of hydrogen-bond acceptors (Lipinski definition) is 0. The number of nitrogens with zero attached hydrogens (tertiary/aromatic N) is 4. The first-order chi connectivity index (χ1) is 56.8. The first kappa shape index (κ1) is 36.1. The molecule has 0 radical (unpaired) electrons. The minimum Gasteiger partial charge on any atom is -0.309 e. The molecular formula is C91H57BN4. The maximum atomic E-state index is 11.7. The average Bonchev–Trinajstić information content (AvgIpc) is 1.14. The number of aromatic nitrogens is 4. The highest BCUT2D eigenvalue weighted by Crippen LogP contribution is 2.47. The number of rotatable bonds is 4. The predicted octanol–water partition coefficient (Wildman–Crippen LogP) is 21.7. The Morgan fingerprint density at radius 3 is 0.948 bits per heavy atom. The van der Waals surface area contributed by atoms with Crippen LogP contribution in [-0.2, 0) is 0 Å². The van der Waals surface area contributed by atoms with E-state index in [1.54, 1.807) is 31.2 Å². The molecule has 0 fully saturated rings. The minimum absolute atomic E-state index is 0.0392. The van der Waals surface area contributed by atoms with Crippen LogP contribution in [0.2, 0.25) is 0 Å². The van der Waals surface area contributed by atoms with Crippen LogP contribution in [0.1, 0.15) is 35.7 Å². The second kappa shape index (κ2) is 20.3. The van der Waals surface area contributed by atoms with Gasteiger partial charge in [-0.05, 0) is 131 Å². The third-order valence-electron chi connectivity index (χ3n) is 19.6. The van der Waals surface area contributed by atoms with E-state index in [0.717, 1.165) is 0 Å². The van der Waals surface area contributed by atoms with Crippen LogP contribution in [0.5, 0.6) is 0 Å². The molecule has 0 aliphatic carbocycles. The van der Waals surface area contributed by atoms with Crippen LogP contribution in [0, 0.1) is 6.92 Å². The molecule has 2 aliphatic heterocycles. The summed E-state index contributed by atoms with van der Waals surface area (Å²) < 4.78 is 230. The van der Waals surface area contributed by atoms with E-state index in [-0.39, 0.29) is 122 Å².